The van der Waals surface area contributed by atoms with Gasteiger partial charge in [-0.25, -0.2) is 0 Å². The van der Waals surface area contributed by atoms with Crippen LogP contribution in [0, 0.1) is 0 Å². The second kappa shape index (κ2) is 3.91. The molecular formula is C10H12ClNS. The zero-order chi connectivity index (χ0) is 9.26. The molecule has 2 unspecified atom stereocenters. The fraction of sp³-hybridized carbons (Fsp3) is 0.400. The van der Waals surface area contributed by atoms with Crippen LogP contribution in [0.5, 0.6) is 0 Å². The zero-order valence-corrected chi connectivity index (χ0v) is 9.03. The predicted octanol–water partition coefficient (Wildman–Crippen LogP) is 3.06. The van der Waals surface area contributed by atoms with E-state index in [2.05, 4.69) is 18.3 Å². The number of hydrogen-bond acceptors (Lipinski definition) is 2. The topological polar surface area (TPSA) is 12.0 Å². The van der Waals surface area contributed by atoms with Gasteiger partial charge in [-0.1, -0.05) is 36.7 Å². The lowest BCUT2D eigenvalue weighted by Crippen LogP contribution is -2.14. The molecular weight excluding hydrogens is 202 g/mol. The summed E-state index contributed by atoms with van der Waals surface area (Å²) in [6, 6.07) is 8.04. The van der Waals surface area contributed by atoms with Crippen LogP contribution in [0.2, 0.25) is 5.02 Å². The molecule has 70 valence electrons. The minimum Gasteiger partial charge on any atom is -0.300 e. The molecule has 0 saturated carbocycles. The van der Waals surface area contributed by atoms with Gasteiger partial charge in [0.15, 0.2) is 0 Å². The Labute approximate surface area is 87.9 Å². The summed E-state index contributed by atoms with van der Waals surface area (Å²) in [5.74, 6) is 0. The third kappa shape index (κ3) is 2.01. The summed E-state index contributed by atoms with van der Waals surface area (Å²) in [6.45, 7) is 3.30. The monoisotopic (exact) mass is 213 g/mol. The van der Waals surface area contributed by atoms with E-state index in [1.165, 1.54) is 5.56 Å². The molecule has 0 spiro atoms. The van der Waals surface area contributed by atoms with Crippen LogP contribution in [0.15, 0.2) is 24.3 Å². The highest BCUT2D eigenvalue weighted by Gasteiger charge is 2.23. The Morgan fingerprint density at radius 1 is 1.46 bits per heavy atom. The van der Waals surface area contributed by atoms with Crippen molar-refractivity contribution < 1.29 is 0 Å². The van der Waals surface area contributed by atoms with Crippen LogP contribution in [0.3, 0.4) is 0 Å². The second-order valence-corrected chi connectivity index (χ2v) is 5.21. The fourth-order valence-corrected chi connectivity index (χ4v) is 2.98. The van der Waals surface area contributed by atoms with Crippen molar-refractivity contribution in [3.8, 4) is 0 Å². The molecule has 3 heteroatoms. The van der Waals surface area contributed by atoms with Crippen LogP contribution in [0.1, 0.15) is 17.9 Å². The molecule has 1 aliphatic rings. The highest BCUT2D eigenvalue weighted by Crippen LogP contribution is 2.37. The predicted molar refractivity (Wildman–Crippen MR) is 59.2 cm³/mol. The first-order valence-corrected chi connectivity index (χ1v) is 5.73. The molecule has 1 N–H and O–H groups in total. The van der Waals surface area contributed by atoms with Crippen molar-refractivity contribution in [3.05, 3.63) is 34.9 Å². The first kappa shape index (κ1) is 9.38. The van der Waals surface area contributed by atoms with E-state index < -0.39 is 0 Å². The van der Waals surface area contributed by atoms with E-state index >= 15 is 0 Å². The Kier molecular flexibility index (Phi) is 2.82. The van der Waals surface area contributed by atoms with E-state index in [4.69, 9.17) is 11.6 Å². The summed E-state index contributed by atoms with van der Waals surface area (Å²) < 4.78 is 0. The van der Waals surface area contributed by atoms with Gasteiger partial charge in [0.25, 0.3) is 0 Å². The van der Waals surface area contributed by atoms with Gasteiger partial charge in [0.05, 0.1) is 5.37 Å². The Morgan fingerprint density at radius 3 is 2.85 bits per heavy atom. The van der Waals surface area contributed by atoms with Crippen molar-refractivity contribution in [2.24, 2.45) is 0 Å². The van der Waals surface area contributed by atoms with Crippen molar-refractivity contribution >= 4 is 23.4 Å². The Hall–Kier alpha value is -0.180. The van der Waals surface area contributed by atoms with Crippen LogP contribution in [-0.4, -0.2) is 11.8 Å². The van der Waals surface area contributed by atoms with Gasteiger partial charge in [0.1, 0.15) is 0 Å². The lowest BCUT2D eigenvalue weighted by Gasteiger charge is -2.11. The van der Waals surface area contributed by atoms with E-state index in [1.54, 1.807) is 0 Å². The van der Waals surface area contributed by atoms with E-state index in [0.29, 0.717) is 10.6 Å². The van der Waals surface area contributed by atoms with Gasteiger partial charge in [-0.2, -0.15) is 0 Å². The van der Waals surface area contributed by atoms with Crippen molar-refractivity contribution in [2.45, 2.75) is 17.5 Å². The number of rotatable bonds is 1. The molecule has 1 nitrogen and oxygen atoms in total. The van der Waals surface area contributed by atoms with E-state index in [0.717, 1.165) is 11.6 Å². The Bertz CT molecular complexity index is 303. The maximum atomic E-state index is 6.10. The zero-order valence-electron chi connectivity index (χ0n) is 7.46. The molecule has 2 rings (SSSR count). The molecule has 13 heavy (non-hydrogen) atoms. The first-order chi connectivity index (χ1) is 6.27. The summed E-state index contributed by atoms with van der Waals surface area (Å²) in [4.78, 5) is 0. The van der Waals surface area contributed by atoms with Gasteiger partial charge in [-0.05, 0) is 11.6 Å². The van der Waals surface area contributed by atoms with Crippen molar-refractivity contribution in [1.29, 1.82) is 0 Å². The normalized spacial score (nSPS) is 27.8. The van der Waals surface area contributed by atoms with Crippen LogP contribution < -0.4 is 5.32 Å². The molecule has 1 aliphatic heterocycles. The lowest BCUT2D eigenvalue weighted by molar-refractivity contribution is 0.718. The second-order valence-electron chi connectivity index (χ2n) is 3.26. The number of nitrogens with one attached hydrogen (secondary N) is 1. The quantitative estimate of drug-likeness (QED) is 0.770. The van der Waals surface area contributed by atoms with E-state index in [9.17, 15) is 0 Å². The minimum atomic E-state index is 0.378. The van der Waals surface area contributed by atoms with Crippen LogP contribution in [0.25, 0.3) is 0 Å². The smallest absolute Gasteiger partial charge is 0.0807 e. The van der Waals surface area contributed by atoms with Crippen molar-refractivity contribution in [1.82, 2.24) is 5.32 Å². The highest BCUT2D eigenvalue weighted by atomic mass is 35.5. The van der Waals surface area contributed by atoms with Gasteiger partial charge in [0.2, 0.25) is 0 Å². The van der Waals surface area contributed by atoms with Crippen LogP contribution in [-0.2, 0) is 0 Å². The third-order valence-electron chi connectivity index (χ3n) is 2.15. The average molecular weight is 214 g/mol. The van der Waals surface area contributed by atoms with Gasteiger partial charge in [-0.3, -0.25) is 0 Å². The molecule has 0 bridgehead atoms. The molecule has 2 atom stereocenters. The molecule has 1 heterocycles. The maximum absolute atomic E-state index is 6.10. The van der Waals surface area contributed by atoms with Gasteiger partial charge in [-0.15, -0.1) is 11.8 Å². The molecule has 1 fully saturated rings. The van der Waals surface area contributed by atoms with E-state index in [-0.39, 0.29) is 0 Å². The lowest BCUT2D eigenvalue weighted by atomic mass is 10.2. The summed E-state index contributed by atoms with van der Waals surface area (Å²) >= 11 is 8.04. The average Bonchev–Trinajstić information content (AvgIpc) is 2.53. The standard InChI is InChI=1S/C10H12ClNS/c1-7-6-12-10(13-7)8-4-2-3-5-9(8)11/h2-5,7,10,12H,6H2,1H3. The number of halogens is 1. The summed E-state index contributed by atoms with van der Waals surface area (Å²) in [5.41, 5.74) is 1.21. The molecule has 0 aromatic heterocycles. The molecule has 1 aromatic rings. The number of benzene rings is 1. The first-order valence-electron chi connectivity index (χ1n) is 4.40. The molecule has 0 radical (unpaired) electrons. The van der Waals surface area contributed by atoms with Gasteiger partial charge < -0.3 is 5.32 Å². The largest absolute Gasteiger partial charge is 0.300 e. The summed E-state index contributed by atoms with van der Waals surface area (Å²) in [7, 11) is 0. The summed E-state index contributed by atoms with van der Waals surface area (Å²) in [6.07, 6.45) is 0. The number of thioether (sulfide) groups is 1. The molecule has 0 aliphatic carbocycles. The van der Waals surface area contributed by atoms with Crippen LogP contribution >= 0.6 is 23.4 Å². The minimum absolute atomic E-state index is 0.378. The van der Waals surface area contributed by atoms with E-state index in [1.807, 2.05) is 30.0 Å². The fourth-order valence-electron chi connectivity index (χ4n) is 1.47. The van der Waals surface area contributed by atoms with Gasteiger partial charge in [0, 0.05) is 16.8 Å². The van der Waals surface area contributed by atoms with Crippen LogP contribution in [0.4, 0.5) is 0 Å². The third-order valence-corrected chi connectivity index (χ3v) is 3.82. The SMILES string of the molecule is CC1CNC(c2ccccc2Cl)S1. The van der Waals surface area contributed by atoms with Crippen molar-refractivity contribution in [2.75, 3.05) is 6.54 Å². The molecule has 1 saturated heterocycles. The molecule has 0 amide bonds. The van der Waals surface area contributed by atoms with Gasteiger partial charge >= 0.3 is 0 Å². The maximum Gasteiger partial charge on any atom is 0.0807 e. The molecule has 1 aromatic carbocycles. The highest BCUT2D eigenvalue weighted by molar-refractivity contribution is 8.00. The Balaban J connectivity index is 2.21. The summed E-state index contributed by atoms with van der Waals surface area (Å²) in [5, 5.41) is 5.36. The Morgan fingerprint density at radius 2 is 2.23 bits per heavy atom. The number of hydrogen-bond donors (Lipinski definition) is 1. The van der Waals surface area contributed by atoms with Crippen molar-refractivity contribution in [3.63, 3.8) is 0 Å².